The molecule has 3 rings (SSSR count). The van der Waals surface area contributed by atoms with Crippen LogP contribution < -0.4 is 10.6 Å². The van der Waals surface area contributed by atoms with Gasteiger partial charge in [0, 0.05) is 32.0 Å². The number of nitrogens with zero attached hydrogens (tertiary/aromatic N) is 4. The van der Waals surface area contributed by atoms with E-state index in [1.54, 1.807) is 10.9 Å². The molecule has 1 saturated carbocycles. The lowest BCUT2D eigenvalue weighted by Crippen LogP contribution is -2.29. The standard InChI is InChI=1S/C19H29FN6O/c1-4-13(20)9-21-19-22-10-16(17-12(2)11-26(3)25-17)18(24-19)23-14-5-7-15(27)8-6-14/h10-11,13-15,27H,4-9H2,1-3H3,(H2,21,22,23,24)/t13-,14?,15?/m0/s1. The zero-order valence-electron chi connectivity index (χ0n) is 16.2. The number of nitrogens with one attached hydrogen (secondary N) is 2. The highest BCUT2D eigenvalue weighted by Crippen LogP contribution is 2.30. The average molecular weight is 376 g/mol. The van der Waals surface area contributed by atoms with Crippen LogP contribution >= 0.6 is 0 Å². The molecule has 0 aliphatic heterocycles. The first-order valence-corrected chi connectivity index (χ1v) is 9.66. The summed E-state index contributed by atoms with van der Waals surface area (Å²) < 4.78 is 15.3. The Labute approximate surface area is 159 Å². The molecule has 2 aromatic heterocycles. The van der Waals surface area contributed by atoms with Gasteiger partial charge in [-0.3, -0.25) is 4.68 Å². The van der Waals surface area contributed by atoms with Crippen LogP contribution in [-0.4, -0.2) is 49.7 Å². The summed E-state index contributed by atoms with van der Waals surface area (Å²) in [5, 5.41) is 20.8. The van der Waals surface area contributed by atoms with E-state index in [2.05, 4.69) is 25.7 Å². The Hall–Kier alpha value is -2.22. The maximum Gasteiger partial charge on any atom is 0.224 e. The van der Waals surface area contributed by atoms with Crippen molar-refractivity contribution in [3.8, 4) is 11.3 Å². The highest BCUT2D eigenvalue weighted by Gasteiger charge is 2.22. The summed E-state index contributed by atoms with van der Waals surface area (Å²) >= 11 is 0. The van der Waals surface area contributed by atoms with Crippen molar-refractivity contribution in [3.05, 3.63) is 18.0 Å². The second-order valence-corrected chi connectivity index (χ2v) is 7.33. The summed E-state index contributed by atoms with van der Waals surface area (Å²) in [6.45, 7) is 4.00. The van der Waals surface area contributed by atoms with Gasteiger partial charge in [0.1, 0.15) is 17.7 Å². The van der Waals surface area contributed by atoms with Crippen molar-refractivity contribution < 1.29 is 9.50 Å². The van der Waals surface area contributed by atoms with Crippen LogP contribution in [0.3, 0.4) is 0 Å². The van der Waals surface area contributed by atoms with Crippen molar-refractivity contribution in [2.75, 3.05) is 17.2 Å². The monoisotopic (exact) mass is 376 g/mol. The smallest absolute Gasteiger partial charge is 0.224 e. The SMILES string of the molecule is CC[C@H](F)CNc1ncc(-c2nn(C)cc2C)c(NC2CCC(O)CC2)n1. The first-order valence-electron chi connectivity index (χ1n) is 9.66. The van der Waals surface area contributed by atoms with Crippen LogP contribution in [0.15, 0.2) is 12.4 Å². The molecule has 0 aromatic carbocycles. The second kappa shape index (κ2) is 8.65. The molecule has 0 bridgehead atoms. The molecule has 1 aliphatic carbocycles. The predicted octanol–water partition coefficient (Wildman–Crippen LogP) is 3.06. The molecular weight excluding hydrogens is 347 g/mol. The van der Waals surface area contributed by atoms with Crippen LogP contribution in [0.5, 0.6) is 0 Å². The number of aryl methyl sites for hydroxylation is 2. The number of halogens is 1. The number of aromatic nitrogens is 4. The summed E-state index contributed by atoms with van der Waals surface area (Å²) in [5.41, 5.74) is 2.70. The third-order valence-corrected chi connectivity index (χ3v) is 5.02. The number of aliphatic hydroxyl groups is 1. The number of hydrogen-bond donors (Lipinski definition) is 3. The van der Waals surface area contributed by atoms with Gasteiger partial charge in [0.05, 0.1) is 11.7 Å². The average Bonchev–Trinajstić information content (AvgIpc) is 2.99. The number of rotatable bonds is 7. The zero-order chi connectivity index (χ0) is 19.4. The third-order valence-electron chi connectivity index (χ3n) is 5.02. The van der Waals surface area contributed by atoms with Crippen molar-refractivity contribution in [2.24, 2.45) is 7.05 Å². The van der Waals surface area contributed by atoms with Crippen LogP contribution in [0.25, 0.3) is 11.3 Å². The van der Waals surface area contributed by atoms with Crippen molar-refractivity contribution in [1.29, 1.82) is 0 Å². The summed E-state index contributed by atoms with van der Waals surface area (Å²) in [5.74, 6) is 1.10. The highest BCUT2D eigenvalue weighted by atomic mass is 19.1. The quantitative estimate of drug-likeness (QED) is 0.688. The van der Waals surface area contributed by atoms with E-state index in [1.165, 1.54) is 0 Å². The summed E-state index contributed by atoms with van der Waals surface area (Å²) in [4.78, 5) is 8.97. The van der Waals surface area contributed by atoms with E-state index >= 15 is 0 Å². The maximum absolute atomic E-state index is 13.6. The number of anilines is 2. The van der Waals surface area contributed by atoms with Crippen molar-refractivity contribution in [1.82, 2.24) is 19.7 Å². The maximum atomic E-state index is 13.6. The van der Waals surface area contributed by atoms with Gasteiger partial charge in [-0.05, 0) is 44.6 Å². The Balaban J connectivity index is 1.86. The van der Waals surface area contributed by atoms with Crippen LogP contribution in [0.2, 0.25) is 0 Å². The van der Waals surface area contributed by atoms with E-state index in [-0.39, 0.29) is 18.7 Å². The largest absolute Gasteiger partial charge is 0.393 e. The Morgan fingerprint density at radius 1 is 1.33 bits per heavy atom. The van der Waals surface area contributed by atoms with Gasteiger partial charge >= 0.3 is 0 Å². The predicted molar refractivity (Wildman–Crippen MR) is 105 cm³/mol. The molecule has 7 nitrogen and oxygen atoms in total. The summed E-state index contributed by atoms with van der Waals surface area (Å²) in [7, 11) is 1.88. The Morgan fingerprint density at radius 3 is 2.70 bits per heavy atom. The molecule has 0 radical (unpaired) electrons. The van der Waals surface area contributed by atoms with Crippen LogP contribution in [0.4, 0.5) is 16.2 Å². The lowest BCUT2D eigenvalue weighted by Gasteiger charge is -2.27. The second-order valence-electron chi connectivity index (χ2n) is 7.33. The first-order chi connectivity index (χ1) is 13.0. The van der Waals surface area contributed by atoms with E-state index in [0.29, 0.717) is 18.2 Å². The fourth-order valence-electron chi connectivity index (χ4n) is 3.38. The fourth-order valence-corrected chi connectivity index (χ4v) is 3.38. The van der Waals surface area contributed by atoms with Crippen LogP contribution in [0, 0.1) is 6.92 Å². The minimum atomic E-state index is -0.928. The van der Waals surface area contributed by atoms with Gasteiger partial charge in [0.2, 0.25) is 5.95 Å². The molecule has 0 saturated heterocycles. The van der Waals surface area contributed by atoms with Gasteiger partial charge in [0.25, 0.3) is 0 Å². The van der Waals surface area contributed by atoms with Crippen molar-refractivity contribution in [3.63, 3.8) is 0 Å². The molecule has 1 fully saturated rings. The molecular formula is C19H29FN6O. The normalized spacial score (nSPS) is 21.1. The zero-order valence-corrected chi connectivity index (χ0v) is 16.2. The molecule has 8 heteroatoms. The molecule has 3 N–H and O–H groups in total. The van der Waals surface area contributed by atoms with Gasteiger partial charge < -0.3 is 15.7 Å². The highest BCUT2D eigenvalue weighted by molar-refractivity contribution is 5.74. The Morgan fingerprint density at radius 2 is 2.07 bits per heavy atom. The Bertz CT molecular complexity index is 757. The summed E-state index contributed by atoms with van der Waals surface area (Å²) in [6.07, 6.45) is 6.35. The lowest BCUT2D eigenvalue weighted by atomic mass is 9.93. The minimum absolute atomic E-state index is 0.188. The lowest BCUT2D eigenvalue weighted by molar-refractivity contribution is 0.126. The van der Waals surface area contributed by atoms with Gasteiger partial charge in [-0.2, -0.15) is 10.1 Å². The summed E-state index contributed by atoms with van der Waals surface area (Å²) in [6, 6.07) is 0.239. The van der Waals surface area contributed by atoms with Crippen LogP contribution in [-0.2, 0) is 7.05 Å². The van der Waals surface area contributed by atoms with E-state index < -0.39 is 6.17 Å². The van der Waals surface area contributed by atoms with E-state index in [9.17, 15) is 9.50 Å². The van der Waals surface area contributed by atoms with Gasteiger partial charge in [-0.25, -0.2) is 9.37 Å². The minimum Gasteiger partial charge on any atom is -0.393 e. The third kappa shape index (κ3) is 4.94. The first kappa shape index (κ1) is 19.5. The van der Waals surface area contributed by atoms with Gasteiger partial charge in [-0.15, -0.1) is 0 Å². The Kier molecular flexibility index (Phi) is 6.26. The van der Waals surface area contributed by atoms with Crippen molar-refractivity contribution >= 4 is 11.8 Å². The number of alkyl halides is 1. The van der Waals surface area contributed by atoms with Crippen LogP contribution in [0.1, 0.15) is 44.6 Å². The molecule has 148 valence electrons. The molecule has 1 atom stereocenters. The van der Waals surface area contributed by atoms with Crippen molar-refractivity contribution in [2.45, 2.75) is 64.3 Å². The van der Waals surface area contributed by atoms with E-state index in [1.807, 2.05) is 27.1 Å². The van der Waals surface area contributed by atoms with Gasteiger partial charge in [0.15, 0.2) is 0 Å². The molecule has 0 spiro atoms. The van der Waals surface area contributed by atoms with E-state index in [4.69, 9.17) is 0 Å². The molecule has 2 heterocycles. The topological polar surface area (TPSA) is 87.9 Å². The fraction of sp³-hybridized carbons (Fsp3) is 0.632. The van der Waals surface area contributed by atoms with E-state index in [0.717, 1.165) is 42.5 Å². The molecule has 0 amide bonds. The molecule has 27 heavy (non-hydrogen) atoms. The number of hydrogen-bond acceptors (Lipinski definition) is 6. The number of aliphatic hydroxyl groups excluding tert-OH is 1. The molecule has 2 aromatic rings. The molecule has 1 aliphatic rings. The molecule has 0 unspecified atom stereocenters. The van der Waals surface area contributed by atoms with Gasteiger partial charge in [-0.1, -0.05) is 6.92 Å².